The maximum Gasteiger partial charge on any atom is 0 e. The van der Waals surface area contributed by atoms with Crippen molar-refractivity contribution in [3.63, 3.8) is 0 Å². The maximum absolute atomic E-state index is 7.13. The zero-order valence-corrected chi connectivity index (χ0v) is 5.51. The summed E-state index contributed by atoms with van der Waals surface area (Å²) in [5, 5.41) is 8.47. The van der Waals surface area contributed by atoms with Crippen molar-refractivity contribution in [2.75, 3.05) is 0 Å². The molecule has 0 unspecified atom stereocenters. The number of hydrogen-bond donors (Lipinski definition) is 0. The molecule has 0 saturated heterocycles. The van der Waals surface area contributed by atoms with Crippen LogP contribution in [0.4, 0.5) is 0 Å². The van der Waals surface area contributed by atoms with Crippen LogP contribution in [0.25, 0.3) is 5.41 Å². The molecule has 0 aliphatic rings. The average Bonchev–Trinajstić information content (AvgIpc) is 0.918. The molecular formula is CNSW-. The van der Waals surface area contributed by atoms with Crippen LogP contribution in [0.5, 0.6) is 0 Å². The van der Waals surface area contributed by atoms with Crippen LogP contribution in [0.3, 0.4) is 0 Å². The van der Waals surface area contributed by atoms with Crippen LogP contribution in [-0.4, -0.2) is 5.16 Å². The number of hydrogen-bond acceptors (Lipinski definition) is 1. The second-order valence-corrected chi connectivity index (χ2v) is 0.274. The van der Waals surface area contributed by atoms with Gasteiger partial charge in [0.1, 0.15) is 0 Å². The van der Waals surface area contributed by atoms with Gasteiger partial charge in [-0.2, -0.15) is 5.16 Å². The summed E-state index contributed by atoms with van der Waals surface area (Å²) in [6.45, 7) is 0. The second kappa shape index (κ2) is 9.75. The first-order chi connectivity index (χ1) is 1.41. The molecule has 0 aromatic rings. The molecule has 0 aromatic heterocycles. The molecule has 0 amide bonds. The molecular weight excluding hydrogens is 242 g/mol. The van der Waals surface area contributed by atoms with Gasteiger partial charge in [-0.25, -0.2) is 0 Å². The van der Waals surface area contributed by atoms with Gasteiger partial charge in [-0.3, -0.25) is 0 Å². The van der Waals surface area contributed by atoms with E-state index in [1.165, 1.54) is 5.16 Å². The summed E-state index contributed by atoms with van der Waals surface area (Å²) < 4.78 is 0. The van der Waals surface area contributed by atoms with E-state index in [-0.39, 0.29) is 21.1 Å². The predicted octanol–water partition coefficient (Wildman–Crippen LogP) is 0.656. The summed E-state index contributed by atoms with van der Waals surface area (Å²) in [6, 6.07) is 0. The first-order valence-electron chi connectivity index (χ1n) is 0.428. The van der Waals surface area contributed by atoms with Crippen molar-refractivity contribution in [2.45, 2.75) is 0 Å². The molecule has 3 heteroatoms. The number of rotatable bonds is 0. The topological polar surface area (TPSA) is 22.3 Å². The number of isothiocyanates is 1. The molecule has 0 heterocycles. The fourth-order valence-electron chi connectivity index (χ4n) is 0. The summed E-state index contributed by atoms with van der Waals surface area (Å²) in [4.78, 5) is 0. The molecule has 0 spiro atoms. The van der Waals surface area contributed by atoms with Crippen molar-refractivity contribution in [2.24, 2.45) is 0 Å². The standard InChI is InChI=1S/CNS.W/c2-1-3;/q-1;. The van der Waals surface area contributed by atoms with E-state index in [4.69, 9.17) is 5.41 Å². The molecule has 0 fully saturated rings. The van der Waals surface area contributed by atoms with Gasteiger partial charge in [0.05, 0.1) is 0 Å². The first kappa shape index (κ1) is 8.82. The molecule has 0 bridgehead atoms. The minimum Gasteiger partial charge on any atom is -0.753 e. The monoisotopic (exact) mass is 242 g/mol. The molecule has 4 heavy (non-hydrogen) atoms. The third-order valence-electron chi connectivity index (χ3n) is 0. The van der Waals surface area contributed by atoms with E-state index in [2.05, 4.69) is 12.2 Å². The molecule has 22 valence electrons. The molecule has 0 aliphatic carbocycles. The van der Waals surface area contributed by atoms with Gasteiger partial charge < -0.3 is 5.41 Å². The van der Waals surface area contributed by atoms with Gasteiger partial charge in [0.2, 0.25) is 0 Å². The van der Waals surface area contributed by atoms with Gasteiger partial charge in [-0.05, 0) is 0 Å². The number of thiocarbonyl (C=S) groups is 1. The Morgan fingerprint density at radius 1 is 1.75 bits per heavy atom. The van der Waals surface area contributed by atoms with Crippen molar-refractivity contribution in [1.29, 1.82) is 0 Å². The van der Waals surface area contributed by atoms with Gasteiger partial charge in [-0.1, -0.05) is 12.2 Å². The fraction of sp³-hybridized carbons (Fsp3) is 0. The van der Waals surface area contributed by atoms with Gasteiger partial charge >= 0.3 is 0 Å². The van der Waals surface area contributed by atoms with Crippen LogP contribution in [0.2, 0.25) is 0 Å². The summed E-state index contributed by atoms with van der Waals surface area (Å²) in [5.74, 6) is 0. The summed E-state index contributed by atoms with van der Waals surface area (Å²) >= 11 is 3.70. The SMILES string of the molecule is [N-]=C=S.[W]. The van der Waals surface area contributed by atoms with Crippen molar-refractivity contribution in [3.05, 3.63) is 5.41 Å². The van der Waals surface area contributed by atoms with Crippen LogP contribution < -0.4 is 0 Å². The molecule has 1 nitrogen and oxygen atoms in total. The van der Waals surface area contributed by atoms with E-state index in [1.54, 1.807) is 0 Å². The predicted molar refractivity (Wildman–Crippen MR) is 16.0 cm³/mol. The fourth-order valence-corrected chi connectivity index (χ4v) is 0. The van der Waals surface area contributed by atoms with Gasteiger partial charge in [-0.15, -0.1) is 0 Å². The maximum atomic E-state index is 7.13. The first-order valence-corrected chi connectivity index (χ1v) is 0.836. The van der Waals surface area contributed by atoms with Crippen LogP contribution in [0.15, 0.2) is 0 Å². The van der Waals surface area contributed by atoms with Gasteiger partial charge in [0, 0.05) is 21.1 Å². The third kappa shape index (κ3) is 23.1. The van der Waals surface area contributed by atoms with Crippen LogP contribution in [-0.2, 0) is 21.1 Å². The summed E-state index contributed by atoms with van der Waals surface area (Å²) in [5.41, 5.74) is 0. The minimum absolute atomic E-state index is 0. The molecule has 0 atom stereocenters. The molecule has 0 rings (SSSR count). The van der Waals surface area contributed by atoms with E-state index in [0.717, 1.165) is 0 Å². The Morgan fingerprint density at radius 2 is 1.75 bits per heavy atom. The van der Waals surface area contributed by atoms with E-state index < -0.39 is 0 Å². The number of nitrogens with zero attached hydrogens (tertiary/aromatic N) is 1. The Labute approximate surface area is 44.2 Å². The van der Waals surface area contributed by atoms with Crippen LogP contribution >= 0.6 is 12.2 Å². The van der Waals surface area contributed by atoms with E-state index >= 15 is 0 Å². The normalized spacial score (nSPS) is 2.00. The van der Waals surface area contributed by atoms with Crippen molar-refractivity contribution < 1.29 is 21.1 Å². The van der Waals surface area contributed by atoms with Crippen molar-refractivity contribution in [3.8, 4) is 0 Å². The van der Waals surface area contributed by atoms with E-state index in [9.17, 15) is 0 Å². The largest absolute Gasteiger partial charge is 0.753 e. The summed E-state index contributed by atoms with van der Waals surface area (Å²) in [7, 11) is 0. The van der Waals surface area contributed by atoms with Crippen molar-refractivity contribution in [1.82, 2.24) is 0 Å². The van der Waals surface area contributed by atoms with Crippen molar-refractivity contribution >= 4 is 17.4 Å². The smallest absolute Gasteiger partial charge is 0 e. The van der Waals surface area contributed by atoms with Gasteiger partial charge in [0.25, 0.3) is 0 Å². The molecule has 0 aromatic carbocycles. The zero-order valence-electron chi connectivity index (χ0n) is 1.76. The Balaban J connectivity index is 0. The average molecular weight is 242 g/mol. The molecule has 0 aliphatic heterocycles. The van der Waals surface area contributed by atoms with Crippen LogP contribution in [0.1, 0.15) is 0 Å². The van der Waals surface area contributed by atoms with E-state index in [1.807, 2.05) is 0 Å². The van der Waals surface area contributed by atoms with Gasteiger partial charge in [0.15, 0.2) is 0 Å². The second-order valence-electron chi connectivity index (χ2n) is 0.0913. The Kier molecular flexibility index (Phi) is 21.5. The van der Waals surface area contributed by atoms with Crippen LogP contribution in [0, 0.1) is 0 Å². The quantitative estimate of drug-likeness (QED) is 0.451. The Morgan fingerprint density at radius 3 is 1.75 bits per heavy atom. The zero-order chi connectivity index (χ0) is 2.71. The Hall–Kier alpha value is 0.488. The summed E-state index contributed by atoms with van der Waals surface area (Å²) in [6.07, 6.45) is 0. The molecule has 0 radical (unpaired) electrons. The third-order valence-corrected chi connectivity index (χ3v) is 0. The minimum atomic E-state index is 0. The molecule has 0 N–H and O–H groups in total. The Bertz CT molecular complexity index is 29.0. The van der Waals surface area contributed by atoms with E-state index in [0.29, 0.717) is 0 Å². The molecule has 0 saturated carbocycles.